The molecular formula is C23H31N5O2S. The zero-order valence-corrected chi connectivity index (χ0v) is 19.2. The fourth-order valence-electron chi connectivity index (χ4n) is 4.31. The van der Waals surface area contributed by atoms with Crippen LogP contribution in [-0.4, -0.2) is 36.4 Å². The van der Waals surface area contributed by atoms with Crippen molar-refractivity contribution in [3.63, 3.8) is 0 Å². The molecule has 1 N–H and O–H groups in total. The first-order chi connectivity index (χ1) is 15.1. The number of rotatable bonds is 8. The van der Waals surface area contributed by atoms with E-state index in [1.165, 1.54) is 31.0 Å². The third kappa shape index (κ3) is 4.63. The number of aromatic nitrogens is 4. The van der Waals surface area contributed by atoms with Gasteiger partial charge in [0, 0.05) is 12.6 Å². The number of hydrogen-bond donors (Lipinski definition) is 1. The molecule has 166 valence electrons. The Hall–Kier alpha value is -2.35. The van der Waals surface area contributed by atoms with E-state index in [9.17, 15) is 9.59 Å². The predicted octanol–water partition coefficient (Wildman–Crippen LogP) is 4.16. The summed E-state index contributed by atoms with van der Waals surface area (Å²) in [6.07, 6.45) is 8.80. The lowest BCUT2D eigenvalue weighted by atomic mass is 9.95. The third-order valence-electron chi connectivity index (χ3n) is 6.07. The van der Waals surface area contributed by atoms with Gasteiger partial charge in [-0.05, 0) is 38.3 Å². The number of unbranched alkanes of at least 4 members (excludes halogenated alkanes) is 2. The van der Waals surface area contributed by atoms with Crippen LogP contribution in [-0.2, 0) is 11.3 Å². The molecule has 0 saturated heterocycles. The van der Waals surface area contributed by atoms with Gasteiger partial charge in [0.15, 0.2) is 5.16 Å². The molecule has 3 aromatic rings. The number of amides is 1. The highest BCUT2D eigenvalue weighted by Crippen LogP contribution is 2.26. The number of carbonyl (C=O) groups excluding carboxylic acids is 1. The van der Waals surface area contributed by atoms with Crippen LogP contribution in [0, 0.1) is 0 Å². The second-order valence-electron chi connectivity index (χ2n) is 8.40. The fraction of sp³-hybridized carbons (Fsp3) is 0.565. The van der Waals surface area contributed by atoms with Crippen LogP contribution in [0.3, 0.4) is 0 Å². The van der Waals surface area contributed by atoms with Gasteiger partial charge >= 0.3 is 0 Å². The fourth-order valence-corrected chi connectivity index (χ4v) is 5.17. The van der Waals surface area contributed by atoms with Crippen LogP contribution in [0.15, 0.2) is 34.2 Å². The van der Waals surface area contributed by atoms with Crippen LogP contribution in [0.2, 0.25) is 0 Å². The van der Waals surface area contributed by atoms with Gasteiger partial charge in [-0.2, -0.15) is 0 Å². The Morgan fingerprint density at radius 2 is 1.97 bits per heavy atom. The van der Waals surface area contributed by atoms with Gasteiger partial charge in [-0.3, -0.25) is 18.6 Å². The zero-order valence-electron chi connectivity index (χ0n) is 18.3. The number of benzene rings is 1. The molecule has 7 nitrogen and oxygen atoms in total. The van der Waals surface area contributed by atoms with E-state index in [1.54, 1.807) is 4.57 Å². The number of para-hydroxylation sites is 1. The molecule has 0 radical (unpaired) electrons. The van der Waals surface area contributed by atoms with E-state index in [0.29, 0.717) is 22.9 Å². The summed E-state index contributed by atoms with van der Waals surface area (Å²) in [4.78, 5) is 25.9. The maximum atomic E-state index is 13.1. The Bertz CT molecular complexity index is 1120. The van der Waals surface area contributed by atoms with Gasteiger partial charge in [0.1, 0.15) is 0 Å². The number of nitrogens with zero attached hydrogens (tertiary/aromatic N) is 4. The number of aryl methyl sites for hydroxylation is 1. The SMILES string of the molecule is CCCCCn1c(=O)c2ccccc2n2c(SC(C)C(=O)NC3CCCCC3)nnc12. The molecule has 1 fully saturated rings. The first-order valence-corrected chi connectivity index (χ1v) is 12.3. The van der Waals surface area contributed by atoms with E-state index in [-0.39, 0.29) is 22.8 Å². The predicted molar refractivity (Wildman–Crippen MR) is 125 cm³/mol. The highest BCUT2D eigenvalue weighted by molar-refractivity contribution is 8.00. The molecular weight excluding hydrogens is 410 g/mol. The molecule has 1 aliphatic carbocycles. The van der Waals surface area contributed by atoms with Crippen LogP contribution >= 0.6 is 11.8 Å². The zero-order chi connectivity index (χ0) is 21.8. The second-order valence-corrected chi connectivity index (χ2v) is 9.71. The van der Waals surface area contributed by atoms with E-state index >= 15 is 0 Å². The summed E-state index contributed by atoms with van der Waals surface area (Å²) in [6, 6.07) is 7.84. The second kappa shape index (κ2) is 9.85. The first-order valence-electron chi connectivity index (χ1n) is 11.4. The Kier molecular flexibility index (Phi) is 6.95. The van der Waals surface area contributed by atoms with Crippen LogP contribution < -0.4 is 10.9 Å². The summed E-state index contributed by atoms with van der Waals surface area (Å²) in [7, 11) is 0. The van der Waals surface area contributed by atoms with E-state index < -0.39 is 0 Å². The summed E-state index contributed by atoms with van der Waals surface area (Å²) < 4.78 is 3.65. The standard InChI is InChI=1S/C23H31N5O2S/c1-3-4-10-15-27-21(30)18-13-8-9-14-19(18)28-22(27)25-26-23(28)31-16(2)20(29)24-17-11-6-5-7-12-17/h8-9,13-14,16-17H,3-7,10-12,15H2,1-2H3,(H,24,29). The van der Waals surface area contributed by atoms with Crippen molar-refractivity contribution in [1.82, 2.24) is 24.5 Å². The molecule has 0 bridgehead atoms. The number of hydrogen-bond acceptors (Lipinski definition) is 5. The molecule has 2 aromatic heterocycles. The van der Waals surface area contributed by atoms with Crippen LogP contribution in [0.1, 0.15) is 65.2 Å². The van der Waals surface area contributed by atoms with Gasteiger partial charge in [0.25, 0.3) is 5.56 Å². The van der Waals surface area contributed by atoms with Crippen molar-refractivity contribution in [1.29, 1.82) is 0 Å². The molecule has 31 heavy (non-hydrogen) atoms. The monoisotopic (exact) mass is 441 g/mol. The quantitative estimate of drug-likeness (QED) is 0.419. The molecule has 1 aliphatic rings. The van der Waals surface area contributed by atoms with Gasteiger partial charge in [-0.1, -0.05) is 62.9 Å². The highest BCUT2D eigenvalue weighted by Gasteiger charge is 2.23. The minimum Gasteiger partial charge on any atom is -0.352 e. The number of carbonyl (C=O) groups is 1. The average Bonchev–Trinajstić information content (AvgIpc) is 3.20. The van der Waals surface area contributed by atoms with Gasteiger partial charge in [-0.15, -0.1) is 10.2 Å². The van der Waals surface area contributed by atoms with Gasteiger partial charge < -0.3 is 5.32 Å². The van der Waals surface area contributed by atoms with Crippen LogP contribution in [0.25, 0.3) is 16.7 Å². The smallest absolute Gasteiger partial charge is 0.262 e. The lowest BCUT2D eigenvalue weighted by Gasteiger charge is -2.24. The van der Waals surface area contributed by atoms with E-state index in [0.717, 1.165) is 37.6 Å². The molecule has 8 heteroatoms. The minimum atomic E-state index is -0.298. The number of nitrogens with one attached hydrogen (secondary N) is 1. The average molecular weight is 442 g/mol. The van der Waals surface area contributed by atoms with Crippen LogP contribution in [0.5, 0.6) is 0 Å². The Labute approximate surface area is 186 Å². The highest BCUT2D eigenvalue weighted by atomic mass is 32.2. The van der Waals surface area contributed by atoms with Crippen molar-refractivity contribution >= 4 is 34.3 Å². The molecule has 4 rings (SSSR count). The maximum Gasteiger partial charge on any atom is 0.262 e. The number of thioether (sulfide) groups is 1. The van der Waals surface area contributed by atoms with Gasteiger partial charge in [0.2, 0.25) is 11.7 Å². The first kappa shape index (κ1) is 21.9. The van der Waals surface area contributed by atoms with Crippen molar-refractivity contribution in [3.8, 4) is 0 Å². The van der Waals surface area contributed by atoms with E-state index in [4.69, 9.17) is 0 Å². The lowest BCUT2D eigenvalue weighted by Crippen LogP contribution is -2.40. The van der Waals surface area contributed by atoms with Crippen LogP contribution in [0.4, 0.5) is 0 Å². The third-order valence-corrected chi connectivity index (χ3v) is 7.11. The molecule has 1 amide bonds. The Balaban J connectivity index is 1.65. The molecule has 1 aromatic carbocycles. The lowest BCUT2D eigenvalue weighted by molar-refractivity contribution is -0.121. The number of fused-ring (bicyclic) bond motifs is 3. The van der Waals surface area contributed by atoms with Gasteiger partial charge in [0.05, 0.1) is 16.2 Å². The molecule has 0 aliphatic heterocycles. The van der Waals surface area contributed by atoms with Crippen molar-refractivity contribution in [2.45, 2.75) is 88.2 Å². The molecule has 1 saturated carbocycles. The molecule has 1 atom stereocenters. The molecule has 1 unspecified atom stereocenters. The Morgan fingerprint density at radius 3 is 2.74 bits per heavy atom. The maximum absolute atomic E-state index is 13.1. The van der Waals surface area contributed by atoms with E-state index in [2.05, 4.69) is 22.4 Å². The molecule has 2 heterocycles. The van der Waals surface area contributed by atoms with E-state index in [1.807, 2.05) is 35.6 Å². The summed E-state index contributed by atoms with van der Waals surface area (Å²) in [5.74, 6) is 0.580. The van der Waals surface area contributed by atoms with Crippen molar-refractivity contribution in [3.05, 3.63) is 34.6 Å². The minimum absolute atomic E-state index is 0.0359. The van der Waals surface area contributed by atoms with Gasteiger partial charge in [-0.25, -0.2) is 0 Å². The van der Waals surface area contributed by atoms with Crippen molar-refractivity contribution in [2.24, 2.45) is 0 Å². The summed E-state index contributed by atoms with van der Waals surface area (Å²) >= 11 is 1.40. The molecule has 0 spiro atoms. The van der Waals surface area contributed by atoms with Crippen molar-refractivity contribution < 1.29 is 4.79 Å². The summed E-state index contributed by atoms with van der Waals surface area (Å²) in [5.41, 5.74) is 0.743. The topological polar surface area (TPSA) is 81.3 Å². The normalized spacial score (nSPS) is 16.1. The van der Waals surface area contributed by atoms with Crippen molar-refractivity contribution in [2.75, 3.05) is 0 Å². The summed E-state index contributed by atoms with van der Waals surface area (Å²) in [6.45, 7) is 4.66. The largest absolute Gasteiger partial charge is 0.352 e. The Morgan fingerprint density at radius 1 is 1.19 bits per heavy atom. The summed E-state index contributed by atoms with van der Waals surface area (Å²) in [5, 5.41) is 12.9.